The summed E-state index contributed by atoms with van der Waals surface area (Å²) in [6.07, 6.45) is 11.5. The van der Waals surface area contributed by atoms with E-state index in [0.717, 1.165) is 11.4 Å². The molecular weight excluding hydrogens is 270 g/mol. The van der Waals surface area contributed by atoms with E-state index in [2.05, 4.69) is 20.3 Å². The van der Waals surface area contributed by atoms with Crippen molar-refractivity contribution in [3.8, 4) is 0 Å². The molecule has 1 aliphatic carbocycles. The predicted molar refractivity (Wildman–Crippen MR) is 80.5 cm³/mol. The number of hydrogen-bond donors (Lipinski definition) is 1. The van der Waals surface area contributed by atoms with E-state index in [1.54, 1.807) is 23.3 Å². The fourth-order valence-electron chi connectivity index (χ4n) is 2.61. The van der Waals surface area contributed by atoms with E-state index in [0.29, 0.717) is 10.7 Å². The molecule has 1 N–H and O–H groups in total. The zero-order chi connectivity index (χ0) is 13.8. The number of rotatable bonds is 3. The van der Waals surface area contributed by atoms with Gasteiger partial charge in [0.15, 0.2) is 5.82 Å². The molecule has 2 aromatic rings. The van der Waals surface area contributed by atoms with Crippen LogP contribution < -0.4 is 0 Å². The highest BCUT2D eigenvalue weighted by molar-refractivity contribution is 7.71. The van der Waals surface area contributed by atoms with E-state index in [1.807, 2.05) is 12.1 Å². The van der Waals surface area contributed by atoms with Crippen molar-refractivity contribution < 1.29 is 0 Å². The fraction of sp³-hybridized carbons (Fsp3) is 0.429. The lowest BCUT2D eigenvalue weighted by Gasteiger charge is -2.19. The number of hydrogen-bond acceptors (Lipinski definition) is 4. The van der Waals surface area contributed by atoms with Crippen LogP contribution in [0.15, 0.2) is 29.6 Å². The highest BCUT2D eigenvalue weighted by Crippen LogP contribution is 2.31. The number of pyridine rings is 1. The van der Waals surface area contributed by atoms with Crippen LogP contribution in [0.4, 0.5) is 0 Å². The molecular formula is C14H17N5S. The van der Waals surface area contributed by atoms with Gasteiger partial charge in [0.25, 0.3) is 0 Å². The standard InChI is InChI=1S/C14H17N5S/c20-14-18-17-13(12-4-2-1-3-5-12)19(14)16-10-11-6-8-15-9-7-11/h6-10,12H,1-5H2,(H,18,20)/b16-10-. The number of H-pyrrole nitrogens is 1. The van der Waals surface area contributed by atoms with Crippen molar-refractivity contribution in [3.05, 3.63) is 40.7 Å². The van der Waals surface area contributed by atoms with Crippen LogP contribution in [0.1, 0.15) is 49.4 Å². The molecule has 20 heavy (non-hydrogen) atoms. The van der Waals surface area contributed by atoms with Crippen molar-refractivity contribution >= 4 is 18.4 Å². The lowest BCUT2D eigenvalue weighted by atomic mass is 9.89. The van der Waals surface area contributed by atoms with Crippen LogP contribution in [0.5, 0.6) is 0 Å². The number of nitrogens with one attached hydrogen (secondary N) is 1. The average Bonchev–Trinajstić information content (AvgIpc) is 2.88. The summed E-state index contributed by atoms with van der Waals surface area (Å²) >= 11 is 5.28. The largest absolute Gasteiger partial charge is 0.265 e. The Morgan fingerprint density at radius 1 is 1.25 bits per heavy atom. The number of aromatic nitrogens is 4. The highest BCUT2D eigenvalue weighted by atomic mass is 32.1. The van der Waals surface area contributed by atoms with Crippen LogP contribution in [0.3, 0.4) is 0 Å². The first-order chi connectivity index (χ1) is 9.84. The molecule has 0 unspecified atom stereocenters. The molecule has 104 valence electrons. The second-order valence-corrected chi connectivity index (χ2v) is 5.45. The van der Waals surface area contributed by atoms with Crippen LogP contribution in [-0.2, 0) is 0 Å². The zero-order valence-electron chi connectivity index (χ0n) is 11.2. The Hall–Kier alpha value is -1.82. The molecule has 0 spiro atoms. The second-order valence-electron chi connectivity index (χ2n) is 5.06. The van der Waals surface area contributed by atoms with Crippen molar-refractivity contribution in [3.63, 3.8) is 0 Å². The summed E-state index contributed by atoms with van der Waals surface area (Å²) < 4.78 is 2.31. The monoisotopic (exact) mass is 287 g/mol. The summed E-state index contributed by atoms with van der Waals surface area (Å²) in [5.74, 6) is 1.42. The minimum absolute atomic E-state index is 0.464. The van der Waals surface area contributed by atoms with Crippen molar-refractivity contribution in [2.75, 3.05) is 0 Å². The summed E-state index contributed by atoms with van der Waals surface area (Å²) in [7, 11) is 0. The van der Waals surface area contributed by atoms with Gasteiger partial charge in [-0.3, -0.25) is 10.1 Å². The molecule has 0 atom stereocenters. The van der Waals surface area contributed by atoms with Gasteiger partial charge in [0.1, 0.15) is 0 Å². The molecule has 0 amide bonds. The van der Waals surface area contributed by atoms with E-state index in [1.165, 1.54) is 32.1 Å². The molecule has 3 rings (SSSR count). The summed E-state index contributed by atoms with van der Waals surface area (Å²) in [6, 6.07) is 3.82. The molecule has 0 radical (unpaired) electrons. The van der Waals surface area contributed by atoms with Gasteiger partial charge in [-0.1, -0.05) is 19.3 Å². The van der Waals surface area contributed by atoms with E-state index >= 15 is 0 Å². The molecule has 2 heterocycles. The molecule has 0 saturated heterocycles. The minimum Gasteiger partial charge on any atom is -0.265 e. The van der Waals surface area contributed by atoms with E-state index < -0.39 is 0 Å². The van der Waals surface area contributed by atoms with Crippen molar-refractivity contribution in [1.82, 2.24) is 19.9 Å². The third kappa shape index (κ3) is 2.85. The Morgan fingerprint density at radius 2 is 2.00 bits per heavy atom. The van der Waals surface area contributed by atoms with Crippen molar-refractivity contribution in [1.29, 1.82) is 0 Å². The van der Waals surface area contributed by atoms with Crippen LogP contribution in [-0.4, -0.2) is 26.1 Å². The van der Waals surface area contributed by atoms with Gasteiger partial charge in [0.2, 0.25) is 4.77 Å². The first-order valence-corrected chi connectivity index (χ1v) is 7.37. The smallest absolute Gasteiger partial charge is 0.216 e. The second kappa shape index (κ2) is 6.09. The predicted octanol–water partition coefficient (Wildman–Crippen LogP) is 3.27. The van der Waals surface area contributed by atoms with Gasteiger partial charge in [-0.25, -0.2) is 0 Å². The van der Waals surface area contributed by atoms with Crippen LogP contribution >= 0.6 is 12.2 Å². The maximum atomic E-state index is 5.28. The average molecular weight is 287 g/mol. The molecule has 1 saturated carbocycles. The molecule has 1 aliphatic rings. The molecule has 0 bridgehead atoms. The van der Waals surface area contributed by atoms with Gasteiger partial charge >= 0.3 is 0 Å². The van der Waals surface area contributed by atoms with Crippen LogP contribution in [0.25, 0.3) is 0 Å². The van der Waals surface area contributed by atoms with Gasteiger partial charge in [-0.2, -0.15) is 14.9 Å². The Kier molecular flexibility index (Phi) is 4.01. The van der Waals surface area contributed by atoms with E-state index in [4.69, 9.17) is 12.2 Å². The van der Waals surface area contributed by atoms with Gasteiger partial charge in [-0.15, -0.1) is 0 Å². The summed E-state index contributed by atoms with van der Waals surface area (Å²) in [5, 5.41) is 11.7. The first kappa shape index (κ1) is 13.2. The van der Waals surface area contributed by atoms with E-state index in [-0.39, 0.29) is 0 Å². The van der Waals surface area contributed by atoms with Gasteiger partial charge < -0.3 is 0 Å². The normalized spacial score (nSPS) is 16.8. The topological polar surface area (TPSA) is 58.9 Å². The molecule has 5 nitrogen and oxygen atoms in total. The van der Waals surface area contributed by atoms with Gasteiger partial charge in [0.05, 0.1) is 6.21 Å². The number of aromatic amines is 1. The minimum atomic E-state index is 0.464. The summed E-state index contributed by atoms with van der Waals surface area (Å²) in [6.45, 7) is 0. The summed E-state index contributed by atoms with van der Waals surface area (Å²) in [5.41, 5.74) is 0.998. The van der Waals surface area contributed by atoms with Gasteiger partial charge in [-0.05, 0) is 42.8 Å². The highest BCUT2D eigenvalue weighted by Gasteiger charge is 2.21. The molecule has 2 aromatic heterocycles. The Bertz CT molecular complexity index is 637. The Labute approximate surface area is 122 Å². The maximum absolute atomic E-state index is 5.28. The third-order valence-corrected chi connectivity index (χ3v) is 3.94. The molecule has 1 fully saturated rings. The van der Waals surface area contributed by atoms with Crippen LogP contribution in [0.2, 0.25) is 0 Å². The lowest BCUT2D eigenvalue weighted by Crippen LogP contribution is -2.10. The summed E-state index contributed by atoms with van der Waals surface area (Å²) in [4.78, 5) is 3.99. The van der Waals surface area contributed by atoms with Crippen LogP contribution in [0, 0.1) is 4.77 Å². The Balaban J connectivity index is 1.87. The zero-order valence-corrected chi connectivity index (χ0v) is 12.0. The fourth-order valence-corrected chi connectivity index (χ4v) is 2.80. The Morgan fingerprint density at radius 3 is 2.75 bits per heavy atom. The van der Waals surface area contributed by atoms with Crippen molar-refractivity contribution in [2.45, 2.75) is 38.0 Å². The van der Waals surface area contributed by atoms with E-state index in [9.17, 15) is 0 Å². The van der Waals surface area contributed by atoms with Crippen molar-refractivity contribution in [2.24, 2.45) is 5.10 Å². The SMILES string of the molecule is S=c1[nH]nc(C2CCCCC2)n1/N=C\c1ccncc1. The number of nitrogens with zero attached hydrogens (tertiary/aromatic N) is 4. The molecule has 0 aromatic carbocycles. The molecule has 0 aliphatic heterocycles. The lowest BCUT2D eigenvalue weighted by molar-refractivity contribution is 0.419. The van der Waals surface area contributed by atoms with Gasteiger partial charge in [0, 0.05) is 18.3 Å². The first-order valence-electron chi connectivity index (χ1n) is 6.96. The molecule has 6 heteroatoms. The maximum Gasteiger partial charge on any atom is 0.216 e. The quantitative estimate of drug-likeness (QED) is 0.696. The third-order valence-electron chi connectivity index (χ3n) is 3.67.